The van der Waals surface area contributed by atoms with Crippen molar-refractivity contribution in [2.24, 2.45) is 11.1 Å². The molecule has 0 radical (unpaired) electrons. The van der Waals surface area contributed by atoms with Crippen molar-refractivity contribution in [3.8, 4) is 12.3 Å². The molecule has 0 spiro atoms. The molecule has 0 bridgehead atoms. The standard InChI is InChI=1S/C17H26N2/c1-5-6-7-8-9-19-13(2)10-14-15(18)11-17(3,4)12-16(14)19/h1,10,15H,6-9,11-12,18H2,2-4H3. The van der Waals surface area contributed by atoms with Gasteiger partial charge in [-0.05, 0) is 49.7 Å². The fourth-order valence-corrected chi connectivity index (χ4v) is 3.31. The van der Waals surface area contributed by atoms with Gasteiger partial charge in [-0.2, -0.15) is 0 Å². The molecule has 2 rings (SSSR count). The third kappa shape index (κ3) is 3.04. The lowest BCUT2D eigenvalue weighted by Gasteiger charge is -2.34. The molecule has 0 aliphatic heterocycles. The Morgan fingerprint density at radius 1 is 1.47 bits per heavy atom. The number of nitrogens with zero attached hydrogens (tertiary/aromatic N) is 1. The highest BCUT2D eigenvalue weighted by Gasteiger charge is 2.32. The van der Waals surface area contributed by atoms with Crippen LogP contribution in [0.15, 0.2) is 6.07 Å². The molecule has 1 aromatic heterocycles. The van der Waals surface area contributed by atoms with Gasteiger partial charge in [0.05, 0.1) is 0 Å². The number of hydrogen-bond donors (Lipinski definition) is 1. The first-order valence-corrected chi connectivity index (χ1v) is 7.32. The van der Waals surface area contributed by atoms with Gasteiger partial charge in [-0.1, -0.05) is 13.8 Å². The van der Waals surface area contributed by atoms with Crippen molar-refractivity contribution in [3.63, 3.8) is 0 Å². The van der Waals surface area contributed by atoms with E-state index < -0.39 is 0 Å². The minimum Gasteiger partial charge on any atom is -0.349 e. The molecule has 104 valence electrons. The van der Waals surface area contributed by atoms with Crippen LogP contribution in [0.4, 0.5) is 0 Å². The van der Waals surface area contributed by atoms with E-state index in [-0.39, 0.29) is 6.04 Å². The fourth-order valence-electron chi connectivity index (χ4n) is 3.31. The second-order valence-electron chi connectivity index (χ2n) is 6.65. The van der Waals surface area contributed by atoms with Crippen LogP contribution in [0.1, 0.15) is 62.5 Å². The summed E-state index contributed by atoms with van der Waals surface area (Å²) in [4.78, 5) is 0. The molecule has 1 atom stereocenters. The number of unbranched alkanes of at least 4 members (excludes halogenated alkanes) is 2. The average Bonchev–Trinajstić information content (AvgIpc) is 2.61. The van der Waals surface area contributed by atoms with Crippen molar-refractivity contribution in [1.82, 2.24) is 4.57 Å². The van der Waals surface area contributed by atoms with E-state index in [0.717, 1.165) is 38.6 Å². The van der Waals surface area contributed by atoms with E-state index in [1.54, 1.807) is 0 Å². The van der Waals surface area contributed by atoms with E-state index in [1.165, 1.54) is 17.0 Å². The Kier molecular flexibility index (Phi) is 4.06. The Hall–Kier alpha value is -1.20. The molecule has 1 aromatic rings. The molecule has 2 N–H and O–H groups in total. The van der Waals surface area contributed by atoms with Crippen LogP contribution in [-0.2, 0) is 13.0 Å². The monoisotopic (exact) mass is 258 g/mol. The van der Waals surface area contributed by atoms with Gasteiger partial charge in [0.15, 0.2) is 0 Å². The van der Waals surface area contributed by atoms with Gasteiger partial charge in [0.2, 0.25) is 0 Å². The van der Waals surface area contributed by atoms with Crippen molar-refractivity contribution in [3.05, 3.63) is 23.0 Å². The zero-order valence-electron chi connectivity index (χ0n) is 12.5. The third-order valence-electron chi connectivity index (χ3n) is 4.22. The van der Waals surface area contributed by atoms with Gasteiger partial charge in [0, 0.05) is 30.4 Å². The van der Waals surface area contributed by atoms with Crippen LogP contribution in [0.5, 0.6) is 0 Å². The van der Waals surface area contributed by atoms with Gasteiger partial charge in [-0.25, -0.2) is 0 Å². The van der Waals surface area contributed by atoms with Crippen LogP contribution in [0.2, 0.25) is 0 Å². The van der Waals surface area contributed by atoms with E-state index in [9.17, 15) is 0 Å². The number of rotatable bonds is 4. The Balaban J connectivity index is 2.19. The molecule has 2 nitrogen and oxygen atoms in total. The second kappa shape index (κ2) is 5.43. The summed E-state index contributed by atoms with van der Waals surface area (Å²) in [6.45, 7) is 7.91. The van der Waals surface area contributed by atoms with Gasteiger partial charge in [0.1, 0.15) is 0 Å². The first kappa shape index (κ1) is 14.2. The third-order valence-corrected chi connectivity index (χ3v) is 4.22. The largest absolute Gasteiger partial charge is 0.349 e. The van der Waals surface area contributed by atoms with Crippen LogP contribution in [0, 0.1) is 24.7 Å². The van der Waals surface area contributed by atoms with Crippen molar-refractivity contribution in [2.45, 2.75) is 65.5 Å². The summed E-state index contributed by atoms with van der Waals surface area (Å²) in [7, 11) is 0. The average molecular weight is 258 g/mol. The summed E-state index contributed by atoms with van der Waals surface area (Å²) in [5.74, 6) is 2.72. The van der Waals surface area contributed by atoms with E-state index in [4.69, 9.17) is 12.2 Å². The minimum atomic E-state index is 0.199. The van der Waals surface area contributed by atoms with Crippen molar-refractivity contribution in [2.75, 3.05) is 0 Å². The molecular formula is C17H26N2. The second-order valence-corrected chi connectivity index (χ2v) is 6.65. The molecule has 2 heteroatoms. The Morgan fingerprint density at radius 3 is 2.89 bits per heavy atom. The predicted octanol–water partition coefficient (Wildman–Crippen LogP) is 3.57. The summed E-state index contributed by atoms with van der Waals surface area (Å²) in [6.07, 6.45) is 10.7. The predicted molar refractivity (Wildman–Crippen MR) is 80.9 cm³/mol. The van der Waals surface area contributed by atoms with Crippen molar-refractivity contribution in [1.29, 1.82) is 0 Å². The summed E-state index contributed by atoms with van der Waals surface area (Å²) in [5, 5.41) is 0. The summed E-state index contributed by atoms with van der Waals surface area (Å²) < 4.78 is 2.46. The Bertz CT molecular complexity index is 488. The summed E-state index contributed by atoms with van der Waals surface area (Å²) >= 11 is 0. The number of terminal acetylenes is 1. The lowest BCUT2D eigenvalue weighted by Crippen LogP contribution is -2.30. The van der Waals surface area contributed by atoms with Gasteiger partial charge < -0.3 is 10.3 Å². The molecule has 0 amide bonds. The quantitative estimate of drug-likeness (QED) is 0.649. The first-order valence-electron chi connectivity index (χ1n) is 7.32. The highest BCUT2D eigenvalue weighted by molar-refractivity contribution is 5.34. The smallest absolute Gasteiger partial charge is 0.0318 e. The fraction of sp³-hybridized carbons (Fsp3) is 0.647. The number of hydrogen-bond acceptors (Lipinski definition) is 1. The number of aromatic nitrogens is 1. The van der Waals surface area contributed by atoms with Crippen LogP contribution in [-0.4, -0.2) is 4.57 Å². The number of aryl methyl sites for hydroxylation is 1. The summed E-state index contributed by atoms with van der Waals surface area (Å²) in [5.41, 5.74) is 10.8. The molecule has 0 aromatic carbocycles. The van der Waals surface area contributed by atoms with Crippen LogP contribution in [0.25, 0.3) is 0 Å². The molecule has 1 heterocycles. The van der Waals surface area contributed by atoms with E-state index in [1.807, 2.05) is 0 Å². The Morgan fingerprint density at radius 2 is 2.21 bits per heavy atom. The maximum atomic E-state index is 6.34. The number of nitrogens with two attached hydrogens (primary N) is 1. The maximum absolute atomic E-state index is 6.34. The van der Waals surface area contributed by atoms with Gasteiger partial charge >= 0.3 is 0 Å². The minimum absolute atomic E-state index is 0.199. The van der Waals surface area contributed by atoms with Crippen molar-refractivity contribution < 1.29 is 0 Å². The molecule has 1 aliphatic rings. The first-order chi connectivity index (χ1) is 8.94. The maximum Gasteiger partial charge on any atom is 0.0318 e. The molecule has 0 saturated heterocycles. The normalized spacial score (nSPS) is 20.9. The van der Waals surface area contributed by atoms with Gasteiger partial charge in [0.25, 0.3) is 0 Å². The molecule has 0 saturated carbocycles. The molecule has 1 aliphatic carbocycles. The topological polar surface area (TPSA) is 30.9 Å². The highest BCUT2D eigenvalue weighted by Crippen LogP contribution is 2.40. The van der Waals surface area contributed by atoms with Crippen LogP contribution < -0.4 is 5.73 Å². The zero-order valence-corrected chi connectivity index (χ0v) is 12.5. The lowest BCUT2D eigenvalue weighted by atomic mass is 9.74. The molecular weight excluding hydrogens is 232 g/mol. The zero-order chi connectivity index (χ0) is 14.0. The van der Waals surface area contributed by atoms with Crippen LogP contribution in [0.3, 0.4) is 0 Å². The lowest BCUT2D eigenvalue weighted by molar-refractivity contribution is 0.274. The van der Waals surface area contributed by atoms with Crippen LogP contribution >= 0.6 is 0 Å². The SMILES string of the molecule is C#CCCCCn1c(C)cc2c1CC(C)(C)CC2N. The highest BCUT2D eigenvalue weighted by atomic mass is 15.0. The molecule has 0 fully saturated rings. The van der Waals surface area contributed by atoms with Crippen molar-refractivity contribution >= 4 is 0 Å². The van der Waals surface area contributed by atoms with Gasteiger partial charge in [-0.3, -0.25) is 0 Å². The molecule has 1 unspecified atom stereocenters. The summed E-state index contributed by atoms with van der Waals surface area (Å²) in [6, 6.07) is 2.49. The van der Waals surface area contributed by atoms with E-state index in [0.29, 0.717) is 5.41 Å². The van der Waals surface area contributed by atoms with E-state index >= 15 is 0 Å². The number of fused-ring (bicyclic) bond motifs is 1. The van der Waals surface area contributed by atoms with E-state index in [2.05, 4.69) is 37.3 Å². The Labute approximate surface area is 117 Å². The van der Waals surface area contributed by atoms with Gasteiger partial charge in [-0.15, -0.1) is 12.3 Å². The molecule has 19 heavy (non-hydrogen) atoms.